The highest BCUT2D eigenvalue weighted by Gasteiger charge is 2.37. The average molecular weight is 367 g/mol. The predicted molar refractivity (Wildman–Crippen MR) is 84.6 cm³/mol. The third kappa shape index (κ3) is 4.76. The molecule has 140 valence electrons. The summed E-state index contributed by atoms with van der Waals surface area (Å²) in [6.45, 7) is 1.22. The summed E-state index contributed by atoms with van der Waals surface area (Å²) in [6, 6.07) is 3.67. The first-order chi connectivity index (χ1) is 12.3. The highest BCUT2D eigenvalue weighted by molar-refractivity contribution is 5.77. The number of nitro groups is 1. The van der Waals surface area contributed by atoms with Gasteiger partial charge in [-0.15, -0.1) is 0 Å². The van der Waals surface area contributed by atoms with E-state index in [4.69, 9.17) is 14.2 Å². The van der Waals surface area contributed by atoms with Gasteiger partial charge in [0.15, 0.2) is 11.9 Å². The van der Waals surface area contributed by atoms with Crippen LogP contribution in [0.25, 0.3) is 0 Å². The van der Waals surface area contributed by atoms with Crippen molar-refractivity contribution in [3.63, 3.8) is 0 Å². The summed E-state index contributed by atoms with van der Waals surface area (Å²) in [4.78, 5) is 44.2. The zero-order valence-corrected chi connectivity index (χ0v) is 14.1. The van der Waals surface area contributed by atoms with Gasteiger partial charge in [0, 0.05) is 31.4 Å². The highest BCUT2D eigenvalue weighted by Crippen LogP contribution is 2.32. The fraction of sp³-hybridized carbons (Fsp3) is 0.438. The highest BCUT2D eigenvalue weighted by atomic mass is 16.7. The van der Waals surface area contributed by atoms with E-state index in [1.165, 1.54) is 26.2 Å². The maximum absolute atomic E-state index is 11.8. The summed E-state index contributed by atoms with van der Waals surface area (Å²) in [5.74, 6) is -1.36. The molecule has 1 heterocycles. The third-order valence-corrected chi connectivity index (χ3v) is 3.62. The summed E-state index contributed by atoms with van der Waals surface area (Å²) in [7, 11) is 1.18. The van der Waals surface area contributed by atoms with Crippen molar-refractivity contribution in [2.45, 2.75) is 38.3 Å². The Hall–Kier alpha value is -3.01. The first-order valence-corrected chi connectivity index (χ1v) is 7.64. The Balaban J connectivity index is 2.23. The molecule has 3 atom stereocenters. The normalized spacial score (nSPS) is 22.2. The molecule has 1 saturated heterocycles. The van der Waals surface area contributed by atoms with Crippen molar-refractivity contribution >= 4 is 23.9 Å². The second kappa shape index (κ2) is 8.39. The molecule has 0 spiro atoms. The zero-order valence-electron chi connectivity index (χ0n) is 14.1. The van der Waals surface area contributed by atoms with Crippen LogP contribution in [-0.4, -0.2) is 48.8 Å². The Bertz CT molecular complexity index is 718. The van der Waals surface area contributed by atoms with Crippen molar-refractivity contribution < 1.29 is 38.3 Å². The van der Waals surface area contributed by atoms with Crippen LogP contribution in [0, 0.1) is 10.1 Å². The van der Waals surface area contributed by atoms with Gasteiger partial charge in [0.1, 0.15) is 12.4 Å². The lowest BCUT2D eigenvalue weighted by atomic mass is 10.0. The summed E-state index contributed by atoms with van der Waals surface area (Å²) in [6.07, 6.45) is -2.19. The van der Waals surface area contributed by atoms with E-state index in [-0.39, 0.29) is 24.2 Å². The van der Waals surface area contributed by atoms with E-state index in [0.717, 1.165) is 6.07 Å². The maximum atomic E-state index is 11.8. The van der Waals surface area contributed by atoms with Crippen LogP contribution in [0.3, 0.4) is 0 Å². The SMILES string of the molecule is COC(=O)C1CC(OC(C)=O)CC(Oc2ccc(C=O)cc2[N+](=O)[O-])O1. The molecule has 0 saturated carbocycles. The third-order valence-electron chi connectivity index (χ3n) is 3.62. The Morgan fingerprint density at radius 3 is 2.65 bits per heavy atom. The molecule has 1 aliphatic heterocycles. The smallest absolute Gasteiger partial charge is 0.335 e. The van der Waals surface area contributed by atoms with Gasteiger partial charge in [-0.1, -0.05) is 0 Å². The van der Waals surface area contributed by atoms with Gasteiger partial charge in [-0.3, -0.25) is 19.7 Å². The molecule has 3 unspecified atom stereocenters. The maximum Gasteiger partial charge on any atom is 0.335 e. The average Bonchev–Trinajstić information content (AvgIpc) is 2.60. The Kier molecular flexibility index (Phi) is 6.23. The monoisotopic (exact) mass is 367 g/mol. The van der Waals surface area contributed by atoms with E-state index in [1.807, 2.05) is 0 Å². The summed E-state index contributed by atoms with van der Waals surface area (Å²) in [5.41, 5.74) is -0.318. The molecule has 1 aliphatic rings. The minimum Gasteiger partial charge on any atom is -0.467 e. The van der Waals surface area contributed by atoms with Gasteiger partial charge in [0.25, 0.3) is 0 Å². The number of rotatable bonds is 6. The van der Waals surface area contributed by atoms with Gasteiger partial charge in [-0.25, -0.2) is 4.79 Å². The number of methoxy groups -OCH3 is 1. The second-order valence-electron chi connectivity index (χ2n) is 5.50. The van der Waals surface area contributed by atoms with Crippen LogP contribution in [0.15, 0.2) is 18.2 Å². The number of carbonyl (C=O) groups excluding carboxylic acids is 3. The zero-order chi connectivity index (χ0) is 19.3. The van der Waals surface area contributed by atoms with Crippen LogP contribution >= 0.6 is 0 Å². The van der Waals surface area contributed by atoms with Crippen LogP contribution in [0.2, 0.25) is 0 Å². The fourth-order valence-electron chi connectivity index (χ4n) is 2.53. The van der Waals surface area contributed by atoms with E-state index in [2.05, 4.69) is 4.74 Å². The van der Waals surface area contributed by atoms with Crippen LogP contribution in [0.4, 0.5) is 5.69 Å². The van der Waals surface area contributed by atoms with Crippen molar-refractivity contribution in [2.75, 3.05) is 7.11 Å². The molecule has 1 fully saturated rings. The molecule has 0 aromatic heterocycles. The molecule has 1 aromatic carbocycles. The number of nitrogens with zero attached hydrogens (tertiary/aromatic N) is 1. The Morgan fingerprint density at radius 2 is 2.08 bits per heavy atom. The van der Waals surface area contributed by atoms with Crippen LogP contribution in [-0.2, 0) is 23.8 Å². The number of carbonyl (C=O) groups is 3. The first kappa shape index (κ1) is 19.3. The molecule has 2 rings (SSSR count). The van der Waals surface area contributed by atoms with Crippen molar-refractivity contribution in [3.05, 3.63) is 33.9 Å². The molecular weight excluding hydrogens is 350 g/mol. The van der Waals surface area contributed by atoms with E-state index >= 15 is 0 Å². The largest absolute Gasteiger partial charge is 0.467 e. The van der Waals surface area contributed by atoms with Crippen molar-refractivity contribution in [2.24, 2.45) is 0 Å². The molecule has 0 N–H and O–H groups in total. The molecule has 1 aromatic rings. The van der Waals surface area contributed by atoms with Crippen LogP contribution in [0.5, 0.6) is 5.75 Å². The van der Waals surface area contributed by atoms with Gasteiger partial charge >= 0.3 is 17.6 Å². The molecule has 0 aliphatic carbocycles. The minimum atomic E-state index is -1.09. The Morgan fingerprint density at radius 1 is 1.35 bits per heavy atom. The molecule has 10 heteroatoms. The quantitative estimate of drug-likeness (QED) is 0.317. The van der Waals surface area contributed by atoms with Gasteiger partial charge in [-0.05, 0) is 12.1 Å². The topological polar surface area (TPSA) is 131 Å². The summed E-state index contributed by atoms with van der Waals surface area (Å²) in [5, 5.41) is 11.2. The van der Waals surface area contributed by atoms with Gasteiger partial charge < -0.3 is 18.9 Å². The minimum absolute atomic E-state index is 0.0691. The number of hydrogen-bond donors (Lipinski definition) is 0. The van der Waals surface area contributed by atoms with Gasteiger partial charge in [0.05, 0.1) is 12.0 Å². The standard InChI is InChI=1S/C16H17NO9/c1-9(19)24-11-6-14(16(20)23-2)26-15(7-11)25-13-4-3-10(8-18)5-12(13)17(21)22/h3-5,8,11,14-15H,6-7H2,1-2H3. The number of nitro benzene ring substituents is 1. The van der Waals surface area contributed by atoms with E-state index < -0.39 is 41.0 Å². The van der Waals surface area contributed by atoms with Gasteiger partial charge in [-0.2, -0.15) is 0 Å². The van der Waals surface area contributed by atoms with Gasteiger partial charge in [0.2, 0.25) is 6.29 Å². The molecule has 0 amide bonds. The van der Waals surface area contributed by atoms with E-state index in [0.29, 0.717) is 6.29 Å². The molecular formula is C16H17NO9. The van der Waals surface area contributed by atoms with Crippen molar-refractivity contribution in [3.8, 4) is 5.75 Å². The molecule has 26 heavy (non-hydrogen) atoms. The number of aldehydes is 1. The van der Waals surface area contributed by atoms with Crippen molar-refractivity contribution in [1.82, 2.24) is 0 Å². The molecule has 0 radical (unpaired) electrons. The number of esters is 2. The first-order valence-electron chi connectivity index (χ1n) is 7.64. The number of hydrogen-bond acceptors (Lipinski definition) is 9. The second-order valence-corrected chi connectivity index (χ2v) is 5.50. The fourth-order valence-corrected chi connectivity index (χ4v) is 2.53. The van der Waals surface area contributed by atoms with Crippen LogP contribution < -0.4 is 4.74 Å². The Labute approximate surface area is 148 Å². The van der Waals surface area contributed by atoms with E-state index in [9.17, 15) is 24.5 Å². The summed E-state index contributed by atoms with van der Waals surface area (Å²) < 4.78 is 20.7. The van der Waals surface area contributed by atoms with Crippen LogP contribution in [0.1, 0.15) is 30.1 Å². The van der Waals surface area contributed by atoms with E-state index in [1.54, 1.807) is 0 Å². The lowest BCUT2D eigenvalue weighted by Gasteiger charge is -2.33. The number of benzene rings is 1. The van der Waals surface area contributed by atoms with Crippen molar-refractivity contribution in [1.29, 1.82) is 0 Å². The lowest BCUT2D eigenvalue weighted by molar-refractivity contribution is -0.386. The predicted octanol–water partition coefficient (Wildman–Crippen LogP) is 1.40. The lowest BCUT2D eigenvalue weighted by Crippen LogP contribution is -2.44. The molecule has 0 bridgehead atoms. The number of ether oxygens (including phenoxy) is 4. The summed E-state index contributed by atoms with van der Waals surface area (Å²) >= 11 is 0. The molecule has 10 nitrogen and oxygen atoms in total.